The topological polar surface area (TPSA) is 43.9 Å². The van der Waals surface area contributed by atoms with Gasteiger partial charge < -0.3 is 8.98 Å². The van der Waals surface area contributed by atoms with E-state index in [4.69, 9.17) is 14.4 Å². The first-order valence-corrected chi connectivity index (χ1v) is 16.8. The smallest absolute Gasteiger partial charge is 0.160 e. The number of para-hydroxylation sites is 3. The minimum atomic E-state index is 0.685. The monoisotopic (exact) mass is 639 g/mol. The highest BCUT2D eigenvalue weighted by molar-refractivity contribution is 6.13. The van der Waals surface area contributed by atoms with E-state index in [0.29, 0.717) is 5.82 Å². The van der Waals surface area contributed by atoms with E-state index < -0.39 is 0 Å². The molecular formula is C46H29N3O. The molecule has 50 heavy (non-hydrogen) atoms. The van der Waals surface area contributed by atoms with Gasteiger partial charge in [0.2, 0.25) is 0 Å². The van der Waals surface area contributed by atoms with Crippen LogP contribution in [-0.4, -0.2) is 14.5 Å². The summed E-state index contributed by atoms with van der Waals surface area (Å²) in [5.41, 5.74) is 12.1. The van der Waals surface area contributed by atoms with Crippen molar-refractivity contribution in [3.63, 3.8) is 0 Å². The molecule has 0 aliphatic rings. The highest BCUT2D eigenvalue weighted by atomic mass is 16.3. The second-order valence-corrected chi connectivity index (χ2v) is 12.6. The van der Waals surface area contributed by atoms with Gasteiger partial charge in [0, 0.05) is 49.5 Å². The molecule has 0 radical (unpaired) electrons. The molecular weight excluding hydrogens is 611 g/mol. The van der Waals surface area contributed by atoms with Crippen molar-refractivity contribution in [2.24, 2.45) is 0 Å². The maximum atomic E-state index is 6.60. The largest absolute Gasteiger partial charge is 0.455 e. The van der Waals surface area contributed by atoms with E-state index in [1.165, 1.54) is 21.8 Å². The van der Waals surface area contributed by atoms with Gasteiger partial charge in [0.15, 0.2) is 5.82 Å². The van der Waals surface area contributed by atoms with Crippen molar-refractivity contribution in [1.29, 1.82) is 0 Å². The average molecular weight is 640 g/mol. The van der Waals surface area contributed by atoms with Crippen molar-refractivity contribution in [1.82, 2.24) is 14.5 Å². The number of benzene rings is 7. The quantitative estimate of drug-likeness (QED) is 0.188. The van der Waals surface area contributed by atoms with E-state index in [0.717, 1.165) is 66.8 Å². The van der Waals surface area contributed by atoms with Gasteiger partial charge in [-0.15, -0.1) is 0 Å². The Morgan fingerprint density at radius 3 is 1.54 bits per heavy atom. The molecule has 0 saturated heterocycles. The van der Waals surface area contributed by atoms with Crippen LogP contribution in [0.1, 0.15) is 0 Å². The molecule has 0 saturated carbocycles. The van der Waals surface area contributed by atoms with Crippen LogP contribution in [0.25, 0.3) is 94.5 Å². The van der Waals surface area contributed by atoms with Crippen LogP contribution < -0.4 is 0 Å². The minimum absolute atomic E-state index is 0.685. The third-order valence-electron chi connectivity index (χ3n) is 9.62. The lowest BCUT2D eigenvalue weighted by atomic mass is 9.99. The van der Waals surface area contributed by atoms with Crippen molar-refractivity contribution >= 4 is 43.7 Å². The molecule has 10 rings (SSSR count). The molecule has 0 N–H and O–H groups in total. The Bertz CT molecular complexity index is 2740. The Hall–Kier alpha value is -6.78. The van der Waals surface area contributed by atoms with Gasteiger partial charge >= 0.3 is 0 Å². The normalized spacial score (nSPS) is 11.6. The number of rotatable bonds is 5. The molecule has 0 unspecified atom stereocenters. The molecule has 234 valence electrons. The number of hydrogen-bond donors (Lipinski definition) is 0. The van der Waals surface area contributed by atoms with Crippen LogP contribution in [0.15, 0.2) is 180 Å². The highest BCUT2D eigenvalue weighted by Crippen LogP contribution is 2.41. The van der Waals surface area contributed by atoms with E-state index in [1.54, 1.807) is 0 Å². The van der Waals surface area contributed by atoms with Crippen molar-refractivity contribution in [3.05, 3.63) is 176 Å². The first-order chi connectivity index (χ1) is 24.8. The number of aromatic nitrogens is 3. The molecule has 0 amide bonds. The fourth-order valence-electron chi connectivity index (χ4n) is 7.24. The number of furan rings is 1. The number of nitrogens with zero attached hydrogens (tertiary/aromatic N) is 3. The van der Waals surface area contributed by atoms with Crippen LogP contribution in [0.3, 0.4) is 0 Å². The lowest BCUT2D eigenvalue weighted by Crippen LogP contribution is -1.96. The van der Waals surface area contributed by atoms with Gasteiger partial charge in [-0.1, -0.05) is 140 Å². The first kappa shape index (κ1) is 28.3. The molecule has 0 bridgehead atoms. The molecule has 4 nitrogen and oxygen atoms in total. The number of hydrogen-bond acceptors (Lipinski definition) is 3. The third-order valence-corrected chi connectivity index (χ3v) is 9.62. The summed E-state index contributed by atoms with van der Waals surface area (Å²) in [6.45, 7) is 0. The average Bonchev–Trinajstić information content (AvgIpc) is 3.74. The van der Waals surface area contributed by atoms with E-state index in [1.807, 2.05) is 48.5 Å². The van der Waals surface area contributed by atoms with Crippen molar-refractivity contribution in [2.75, 3.05) is 0 Å². The van der Waals surface area contributed by atoms with Gasteiger partial charge in [-0.2, -0.15) is 0 Å². The standard InChI is InChI=1S/C46H29N3O/c1-3-13-31(14-4-1)40-29-41(32-15-5-2-6-16-32)48-46(47-40)33-25-23-30(24-26-33)38-27-34(28-39-37-19-9-12-22-44(37)50-45(38)39)49-42-20-10-7-17-35(42)36-18-8-11-21-43(36)49/h1-29H. The highest BCUT2D eigenvalue weighted by Gasteiger charge is 2.19. The Labute approximate surface area is 288 Å². The molecule has 0 fully saturated rings. The molecule has 0 aliphatic carbocycles. The molecule has 3 heterocycles. The van der Waals surface area contributed by atoms with Crippen LogP contribution in [0.2, 0.25) is 0 Å². The van der Waals surface area contributed by atoms with Crippen molar-refractivity contribution < 1.29 is 4.42 Å². The second-order valence-electron chi connectivity index (χ2n) is 12.6. The predicted molar refractivity (Wildman–Crippen MR) is 205 cm³/mol. The maximum Gasteiger partial charge on any atom is 0.160 e. The molecule has 10 aromatic rings. The lowest BCUT2D eigenvalue weighted by Gasteiger charge is -2.12. The molecule has 0 aliphatic heterocycles. The Morgan fingerprint density at radius 2 is 0.920 bits per heavy atom. The molecule has 3 aromatic heterocycles. The Balaban J connectivity index is 1.16. The SMILES string of the molecule is c1ccc(-c2cc(-c3ccccc3)nc(-c3ccc(-c4cc(-n5c6ccccc6c6ccccc65)cc5c4oc4ccccc45)cc3)n2)cc1. The summed E-state index contributed by atoms with van der Waals surface area (Å²) in [6.07, 6.45) is 0. The first-order valence-electron chi connectivity index (χ1n) is 16.8. The van der Waals surface area contributed by atoms with E-state index in [-0.39, 0.29) is 0 Å². The van der Waals surface area contributed by atoms with Gasteiger partial charge in [0.1, 0.15) is 11.2 Å². The van der Waals surface area contributed by atoms with Crippen LogP contribution in [-0.2, 0) is 0 Å². The van der Waals surface area contributed by atoms with Gasteiger partial charge in [0.05, 0.1) is 22.4 Å². The molecule has 0 spiro atoms. The predicted octanol–water partition coefficient (Wildman–Crippen LogP) is 12.1. The van der Waals surface area contributed by atoms with Crippen molar-refractivity contribution in [2.45, 2.75) is 0 Å². The lowest BCUT2D eigenvalue weighted by molar-refractivity contribution is 0.670. The Morgan fingerprint density at radius 1 is 0.400 bits per heavy atom. The molecule has 4 heteroatoms. The van der Waals surface area contributed by atoms with E-state index in [2.05, 4.69) is 132 Å². The van der Waals surface area contributed by atoms with Crippen LogP contribution >= 0.6 is 0 Å². The summed E-state index contributed by atoms with van der Waals surface area (Å²) in [5, 5.41) is 4.66. The summed E-state index contributed by atoms with van der Waals surface area (Å²) < 4.78 is 8.97. The van der Waals surface area contributed by atoms with Crippen molar-refractivity contribution in [3.8, 4) is 50.7 Å². The zero-order valence-electron chi connectivity index (χ0n) is 27.0. The maximum absolute atomic E-state index is 6.60. The summed E-state index contributed by atoms with van der Waals surface area (Å²) in [7, 11) is 0. The van der Waals surface area contributed by atoms with Crippen LogP contribution in [0, 0.1) is 0 Å². The summed E-state index contributed by atoms with van der Waals surface area (Å²) >= 11 is 0. The Kier molecular flexibility index (Phi) is 6.46. The second kappa shape index (κ2) is 11.4. The van der Waals surface area contributed by atoms with E-state index in [9.17, 15) is 0 Å². The molecule has 0 atom stereocenters. The van der Waals surface area contributed by atoms with Gasteiger partial charge in [0.25, 0.3) is 0 Å². The van der Waals surface area contributed by atoms with Gasteiger partial charge in [-0.25, -0.2) is 9.97 Å². The fourth-order valence-corrected chi connectivity index (χ4v) is 7.24. The molecule has 7 aromatic carbocycles. The van der Waals surface area contributed by atoms with Gasteiger partial charge in [-0.05, 0) is 42.0 Å². The van der Waals surface area contributed by atoms with Gasteiger partial charge in [-0.3, -0.25) is 0 Å². The van der Waals surface area contributed by atoms with Crippen LogP contribution in [0.4, 0.5) is 0 Å². The van der Waals surface area contributed by atoms with Crippen LogP contribution in [0.5, 0.6) is 0 Å². The van der Waals surface area contributed by atoms with E-state index >= 15 is 0 Å². The summed E-state index contributed by atoms with van der Waals surface area (Å²) in [5.74, 6) is 0.685. The number of fused-ring (bicyclic) bond motifs is 6. The zero-order valence-corrected chi connectivity index (χ0v) is 27.0. The summed E-state index contributed by atoms with van der Waals surface area (Å²) in [4.78, 5) is 10.1. The fraction of sp³-hybridized carbons (Fsp3) is 0. The summed E-state index contributed by atoms with van der Waals surface area (Å²) in [6, 6.07) is 61.3. The third kappa shape index (κ3) is 4.61. The minimum Gasteiger partial charge on any atom is -0.455 e. The zero-order chi connectivity index (χ0) is 33.0.